The van der Waals surface area contributed by atoms with Gasteiger partial charge in [-0.15, -0.1) is 0 Å². The lowest BCUT2D eigenvalue weighted by Crippen LogP contribution is -2.46. The Bertz CT molecular complexity index is 245. The van der Waals surface area contributed by atoms with Gasteiger partial charge in [-0.3, -0.25) is 0 Å². The maximum absolute atomic E-state index is 3.97. The fraction of sp³-hybridized carbons (Fsp3) is 1.00. The molecular formula is C16H31NS. The summed E-state index contributed by atoms with van der Waals surface area (Å²) in [6.45, 7) is 6.07. The van der Waals surface area contributed by atoms with Crippen molar-refractivity contribution in [1.82, 2.24) is 5.32 Å². The average molecular weight is 269 g/mol. The molecule has 0 bridgehead atoms. The van der Waals surface area contributed by atoms with Crippen LogP contribution in [0.25, 0.3) is 0 Å². The van der Waals surface area contributed by atoms with E-state index in [0.717, 1.165) is 17.9 Å². The van der Waals surface area contributed by atoms with Crippen LogP contribution in [0.3, 0.4) is 0 Å². The Labute approximate surface area is 118 Å². The first kappa shape index (κ1) is 14.7. The summed E-state index contributed by atoms with van der Waals surface area (Å²) in [5.41, 5.74) is 0. The largest absolute Gasteiger partial charge is 0.312 e. The van der Waals surface area contributed by atoms with Crippen molar-refractivity contribution in [1.29, 1.82) is 0 Å². The molecule has 0 spiro atoms. The van der Waals surface area contributed by atoms with Crippen molar-refractivity contribution in [2.45, 2.75) is 76.0 Å². The van der Waals surface area contributed by atoms with Crippen LogP contribution in [0.5, 0.6) is 0 Å². The van der Waals surface area contributed by atoms with Crippen molar-refractivity contribution in [2.24, 2.45) is 11.8 Å². The first-order valence-corrected chi connectivity index (χ1v) is 9.18. The molecule has 106 valence electrons. The number of nitrogens with one attached hydrogen (secondary N) is 1. The van der Waals surface area contributed by atoms with Gasteiger partial charge >= 0.3 is 0 Å². The Balaban J connectivity index is 1.87. The molecule has 0 aromatic rings. The summed E-state index contributed by atoms with van der Waals surface area (Å²) in [5.74, 6) is 1.76. The van der Waals surface area contributed by atoms with Crippen LogP contribution in [0.15, 0.2) is 0 Å². The normalized spacial score (nSPS) is 32.0. The molecule has 0 radical (unpaired) electrons. The number of rotatable bonds is 5. The Hall–Kier alpha value is 0.310. The second-order valence-electron chi connectivity index (χ2n) is 6.77. The van der Waals surface area contributed by atoms with Crippen molar-refractivity contribution in [3.63, 3.8) is 0 Å². The van der Waals surface area contributed by atoms with E-state index in [9.17, 15) is 0 Å². The maximum Gasteiger partial charge on any atom is 0.0281 e. The van der Waals surface area contributed by atoms with Gasteiger partial charge in [-0.25, -0.2) is 0 Å². The van der Waals surface area contributed by atoms with Crippen LogP contribution in [-0.4, -0.2) is 23.6 Å². The molecule has 2 aliphatic rings. The zero-order chi connectivity index (χ0) is 13.0. The third-order valence-corrected chi connectivity index (χ3v) is 6.73. The van der Waals surface area contributed by atoms with Gasteiger partial charge in [0, 0.05) is 17.3 Å². The van der Waals surface area contributed by atoms with E-state index in [-0.39, 0.29) is 0 Å². The molecule has 2 unspecified atom stereocenters. The highest BCUT2D eigenvalue weighted by Gasteiger charge is 2.35. The predicted molar refractivity (Wildman–Crippen MR) is 83.3 cm³/mol. The molecule has 2 aliphatic carbocycles. The van der Waals surface area contributed by atoms with E-state index in [1.807, 2.05) is 0 Å². The van der Waals surface area contributed by atoms with Crippen LogP contribution in [0, 0.1) is 11.8 Å². The highest BCUT2D eigenvalue weighted by molar-refractivity contribution is 8.00. The predicted octanol–water partition coefficient (Wildman–Crippen LogP) is 4.47. The van der Waals surface area contributed by atoms with Crippen molar-refractivity contribution >= 4 is 11.8 Å². The highest BCUT2D eigenvalue weighted by Crippen LogP contribution is 2.40. The molecule has 0 aromatic heterocycles. The third kappa shape index (κ3) is 3.45. The minimum Gasteiger partial charge on any atom is -0.312 e. The summed E-state index contributed by atoms with van der Waals surface area (Å²) in [6.07, 6.45) is 13.8. The van der Waals surface area contributed by atoms with Crippen molar-refractivity contribution in [2.75, 3.05) is 12.8 Å². The van der Waals surface area contributed by atoms with Gasteiger partial charge in [0.1, 0.15) is 0 Å². The standard InChI is InChI=1S/C16H31NS/c1-13(2)14-8-4-5-9-15(14)17-12-16(18-3)10-6-7-11-16/h13-15,17H,4-12H2,1-3H3. The molecule has 0 aromatic carbocycles. The number of hydrogen-bond acceptors (Lipinski definition) is 2. The summed E-state index contributed by atoms with van der Waals surface area (Å²) in [6, 6.07) is 0.795. The van der Waals surface area contributed by atoms with E-state index in [0.29, 0.717) is 4.75 Å². The van der Waals surface area contributed by atoms with Gasteiger partial charge in [0.15, 0.2) is 0 Å². The molecule has 2 heteroatoms. The van der Waals surface area contributed by atoms with Gasteiger partial charge in [0.25, 0.3) is 0 Å². The van der Waals surface area contributed by atoms with Crippen LogP contribution in [0.4, 0.5) is 0 Å². The Morgan fingerprint density at radius 2 is 1.78 bits per heavy atom. The van der Waals surface area contributed by atoms with Crippen LogP contribution < -0.4 is 5.32 Å². The third-order valence-electron chi connectivity index (χ3n) is 5.31. The molecule has 2 atom stereocenters. The molecule has 2 saturated carbocycles. The van der Waals surface area contributed by atoms with E-state index in [4.69, 9.17) is 0 Å². The van der Waals surface area contributed by atoms with Gasteiger partial charge in [-0.05, 0) is 43.8 Å². The minimum atomic E-state index is 0.568. The van der Waals surface area contributed by atoms with Crippen LogP contribution in [0.1, 0.15) is 65.2 Å². The van der Waals surface area contributed by atoms with Crippen molar-refractivity contribution in [3.8, 4) is 0 Å². The van der Waals surface area contributed by atoms with E-state index in [1.165, 1.54) is 57.9 Å². The first-order valence-electron chi connectivity index (χ1n) is 7.95. The quantitative estimate of drug-likeness (QED) is 0.790. The first-order chi connectivity index (χ1) is 8.67. The van der Waals surface area contributed by atoms with Gasteiger partial charge in [0.2, 0.25) is 0 Å². The lowest BCUT2D eigenvalue weighted by molar-refractivity contribution is 0.202. The topological polar surface area (TPSA) is 12.0 Å². The van der Waals surface area contributed by atoms with Crippen molar-refractivity contribution in [3.05, 3.63) is 0 Å². The van der Waals surface area contributed by atoms with E-state index < -0.39 is 0 Å². The highest BCUT2D eigenvalue weighted by atomic mass is 32.2. The molecule has 2 rings (SSSR count). The zero-order valence-electron chi connectivity index (χ0n) is 12.5. The Kier molecular flexibility index (Phi) is 5.44. The van der Waals surface area contributed by atoms with Gasteiger partial charge in [0.05, 0.1) is 0 Å². The van der Waals surface area contributed by atoms with E-state index in [1.54, 1.807) is 0 Å². The van der Waals surface area contributed by atoms with Crippen molar-refractivity contribution < 1.29 is 0 Å². The molecule has 0 aliphatic heterocycles. The maximum atomic E-state index is 3.97. The van der Waals surface area contributed by atoms with Crippen LogP contribution in [-0.2, 0) is 0 Å². The average Bonchev–Trinajstić information content (AvgIpc) is 2.86. The fourth-order valence-electron chi connectivity index (χ4n) is 4.00. The molecular weight excluding hydrogens is 238 g/mol. The zero-order valence-corrected chi connectivity index (χ0v) is 13.3. The fourth-order valence-corrected chi connectivity index (χ4v) is 4.93. The molecule has 1 N–H and O–H groups in total. The molecule has 0 amide bonds. The minimum absolute atomic E-state index is 0.568. The lowest BCUT2D eigenvalue weighted by atomic mass is 9.77. The summed E-state index contributed by atoms with van der Waals surface area (Å²) >= 11 is 2.12. The monoisotopic (exact) mass is 269 g/mol. The van der Waals surface area contributed by atoms with E-state index >= 15 is 0 Å². The molecule has 1 nitrogen and oxygen atoms in total. The lowest BCUT2D eigenvalue weighted by Gasteiger charge is -2.38. The van der Waals surface area contributed by atoms with Gasteiger partial charge in [-0.2, -0.15) is 11.8 Å². The Morgan fingerprint density at radius 3 is 2.39 bits per heavy atom. The van der Waals surface area contributed by atoms with E-state index in [2.05, 4.69) is 37.2 Å². The van der Waals surface area contributed by atoms with Crippen LogP contribution >= 0.6 is 11.8 Å². The summed E-state index contributed by atoms with van der Waals surface area (Å²) < 4.78 is 0.568. The summed E-state index contributed by atoms with van der Waals surface area (Å²) in [7, 11) is 0. The molecule has 0 saturated heterocycles. The van der Waals surface area contributed by atoms with Gasteiger partial charge < -0.3 is 5.32 Å². The second kappa shape index (κ2) is 6.65. The Morgan fingerprint density at radius 1 is 1.11 bits per heavy atom. The number of thioether (sulfide) groups is 1. The van der Waals surface area contributed by atoms with Gasteiger partial charge in [-0.1, -0.05) is 39.5 Å². The molecule has 18 heavy (non-hydrogen) atoms. The SMILES string of the molecule is CSC1(CNC2CCCCC2C(C)C)CCCC1. The second-order valence-corrected chi connectivity index (χ2v) is 8.05. The molecule has 0 heterocycles. The summed E-state index contributed by atoms with van der Waals surface area (Å²) in [4.78, 5) is 0. The van der Waals surface area contributed by atoms with Crippen LogP contribution in [0.2, 0.25) is 0 Å². The molecule has 2 fully saturated rings. The summed E-state index contributed by atoms with van der Waals surface area (Å²) in [5, 5.41) is 3.97. The smallest absolute Gasteiger partial charge is 0.0281 e. The number of hydrogen-bond donors (Lipinski definition) is 1.